The molecule has 1 atom stereocenters. The molecular weight excluding hydrogens is 422 g/mol. The van der Waals surface area contributed by atoms with E-state index in [1.54, 1.807) is 28.7 Å². The molecule has 2 aromatic heterocycles. The van der Waals surface area contributed by atoms with Crippen molar-refractivity contribution in [2.45, 2.75) is 19.4 Å². The van der Waals surface area contributed by atoms with Gasteiger partial charge in [-0.1, -0.05) is 12.1 Å². The Hall–Kier alpha value is -3.66. The number of imidazole rings is 1. The molecule has 0 spiro atoms. The summed E-state index contributed by atoms with van der Waals surface area (Å²) in [5, 5.41) is 0. The number of carbonyl (C=O) groups excluding carboxylic acids is 1. The summed E-state index contributed by atoms with van der Waals surface area (Å²) < 4.78 is 8.60. The van der Waals surface area contributed by atoms with E-state index < -0.39 is 0 Å². The zero-order valence-electron chi connectivity index (χ0n) is 19.4. The number of likely N-dealkylation sites (tertiary alicyclic amines) is 1. The van der Waals surface area contributed by atoms with Crippen molar-refractivity contribution in [2.24, 2.45) is 0 Å². The van der Waals surface area contributed by atoms with E-state index in [0.717, 1.165) is 5.56 Å². The second-order valence-corrected chi connectivity index (χ2v) is 8.46. The molecule has 1 aromatic carbocycles. The van der Waals surface area contributed by atoms with Crippen LogP contribution in [0.1, 0.15) is 18.0 Å². The lowest BCUT2D eigenvalue weighted by atomic mass is 10.2. The summed E-state index contributed by atoms with van der Waals surface area (Å²) in [7, 11) is 5.48. The highest BCUT2D eigenvalue weighted by Gasteiger charge is 2.31. The number of nitrogens with zero attached hydrogens (tertiary/aromatic N) is 6. The van der Waals surface area contributed by atoms with E-state index in [1.807, 2.05) is 44.1 Å². The fourth-order valence-corrected chi connectivity index (χ4v) is 4.21. The molecule has 174 valence electrons. The van der Waals surface area contributed by atoms with E-state index in [2.05, 4.69) is 9.97 Å². The molecule has 3 heterocycles. The number of amides is 1. The predicted octanol–water partition coefficient (Wildman–Crippen LogP) is 1.37. The molecule has 1 amide bonds. The second kappa shape index (κ2) is 9.07. The van der Waals surface area contributed by atoms with Crippen molar-refractivity contribution in [3.8, 4) is 11.4 Å². The van der Waals surface area contributed by atoms with Crippen LogP contribution in [0.15, 0.2) is 41.5 Å². The van der Waals surface area contributed by atoms with Gasteiger partial charge in [0.25, 0.3) is 0 Å². The minimum absolute atomic E-state index is 0.0615. The molecule has 1 fully saturated rings. The lowest BCUT2D eigenvalue weighted by molar-refractivity contribution is -0.125. The van der Waals surface area contributed by atoms with Crippen LogP contribution in [0.2, 0.25) is 0 Å². The predicted molar refractivity (Wildman–Crippen MR) is 127 cm³/mol. The Kier molecular flexibility index (Phi) is 6.19. The van der Waals surface area contributed by atoms with Gasteiger partial charge in [-0.15, -0.1) is 0 Å². The van der Waals surface area contributed by atoms with Gasteiger partial charge in [0, 0.05) is 31.8 Å². The molecule has 1 unspecified atom stereocenters. The van der Waals surface area contributed by atoms with Crippen molar-refractivity contribution in [1.82, 2.24) is 28.9 Å². The molecule has 10 nitrogen and oxygen atoms in total. The SMILES string of the molecule is COc1cc(-n2c(=O)n(C3CCN(C(=O)/C=C/CN(C)C)C3)c3ncnc(N)c32)ccc1C. The van der Waals surface area contributed by atoms with Crippen molar-refractivity contribution in [3.63, 3.8) is 0 Å². The highest BCUT2D eigenvalue weighted by Crippen LogP contribution is 2.29. The van der Waals surface area contributed by atoms with Crippen molar-refractivity contribution in [1.29, 1.82) is 0 Å². The largest absolute Gasteiger partial charge is 0.496 e. The third kappa shape index (κ3) is 4.21. The number of likely N-dealkylation sites (N-methyl/N-ethyl adjacent to an activating group) is 1. The van der Waals surface area contributed by atoms with Crippen LogP contribution in [0.4, 0.5) is 5.82 Å². The maximum absolute atomic E-state index is 13.7. The van der Waals surface area contributed by atoms with Gasteiger partial charge < -0.3 is 20.3 Å². The number of benzene rings is 1. The number of methoxy groups -OCH3 is 1. The van der Waals surface area contributed by atoms with Crippen LogP contribution in [0.5, 0.6) is 5.75 Å². The monoisotopic (exact) mass is 451 g/mol. The fourth-order valence-electron chi connectivity index (χ4n) is 4.21. The molecule has 0 bridgehead atoms. The number of ether oxygens (including phenoxy) is 1. The van der Waals surface area contributed by atoms with Gasteiger partial charge in [0.15, 0.2) is 11.5 Å². The zero-order valence-corrected chi connectivity index (χ0v) is 19.4. The first-order valence-electron chi connectivity index (χ1n) is 10.8. The van der Waals surface area contributed by atoms with E-state index in [9.17, 15) is 9.59 Å². The highest BCUT2D eigenvalue weighted by atomic mass is 16.5. The third-order valence-electron chi connectivity index (χ3n) is 5.90. The summed E-state index contributed by atoms with van der Waals surface area (Å²) in [5.41, 5.74) is 8.40. The van der Waals surface area contributed by atoms with Crippen LogP contribution in [0.25, 0.3) is 16.9 Å². The van der Waals surface area contributed by atoms with Crippen LogP contribution < -0.4 is 16.2 Å². The average molecular weight is 452 g/mol. The summed E-state index contributed by atoms with van der Waals surface area (Å²) in [6, 6.07) is 5.32. The van der Waals surface area contributed by atoms with Crippen molar-refractivity contribution >= 4 is 22.9 Å². The van der Waals surface area contributed by atoms with Crippen LogP contribution in [-0.4, -0.2) is 75.6 Å². The van der Waals surface area contributed by atoms with E-state index in [4.69, 9.17) is 10.5 Å². The van der Waals surface area contributed by atoms with Crippen LogP contribution >= 0.6 is 0 Å². The number of fused-ring (bicyclic) bond motifs is 1. The van der Waals surface area contributed by atoms with E-state index in [0.29, 0.717) is 48.7 Å². The standard InChI is InChI=1S/C23H29N7O3/c1-15-7-8-16(12-18(15)33-4)29-20-21(24)25-14-26-22(20)30(23(29)32)17-9-11-28(13-17)19(31)6-5-10-27(2)3/h5-8,12,14,17H,9-11,13H2,1-4H3,(H2,24,25,26)/b6-5+. The quantitative estimate of drug-likeness (QED) is 0.564. The third-order valence-corrected chi connectivity index (χ3v) is 5.90. The van der Waals surface area contributed by atoms with Gasteiger partial charge in [-0.25, -0.2) is 14.8 Å². The molecule has 1 aliphatic heterocycles. The van der Waals surface area contributed by atoms with Gasteiger partial charge in [0.1, 0.15) is 17.6 Å². The van der Waals surface area contributed by atoms with Gasteiger partial charge in [-0.2, -0.15) is 0 Å². The zero-order chi connectivity index (χ0) is 23.7. The highest BCUT2D eigenvalue weighted by molar-refractivity contribution is 5.88. The molecular formula is C23H29N7O3. The Morgan fingerprint density at radius 3 is 2.85 bits per heavy atom. The summed E-state index contributed by atoms with van der Waals surface area (Å²) in [5.74, 6) is 0.819. The maximum Gasteiger partial charge on any atom is 0.335 e. The molecule has 1 aliphatic rings. The number of anilines is 1. The number of aryl methyl sites for hydroxylation is 1. The molecule has 0 aliphatic carbocycles. The van der Waals surface area contributed by atoms with Crippen molar-refractivity contribution in [2.75, 3.05) is 46.6 Å². The van der Waals surface area contributed by atoms with E-state index in [-0.39, 0.29) is 23.5 Å². The minimum Gasteiger partial charge on any atom is -0.496 e. The van der Waals surface area contributed by atoms with Gasteiger partial charge in [0.05, 0.1) is 18.8 Å². The number of nitrogen functional groups attached to an aromatic ring is 1. The summed E-state index contributed by atoms with van der Waals surface area (Å²) in [6.07, 6.45) is 5.43. The van der Waals surface area contributed by atoms with Crippen molar-refractivity contribution < 1.29 is 9.53 Å². The lowest BCUT2D eigenvalue weighted by Crippen LogP contribution is -2.31. The number of aromatic nitrogens is 4. The molecule has 1 saturated heterocycles. The smallest absolute Gasteiger partial charge is 0.335 e. The topological polar surface area (TPSA) is 112 Å². The molecule has 0 saturated carbocycles. The number of hydrogen-bond acceptors (Lipinski definition) is 7. The summed E-state index contributed by atoms with van der Waals surface area (Å²) in [6.45, 7) is 3.61. The van der Waals surface area contributed by atoms with Gasteiger partial charge >= 0.3 is 5.69 Å². The van der Waals surface area contributed by atoms with Crippen LogP contribution in [0.3, 0.4) is 0 Å². The summed E-state index contributed by atoms with van der Waals surface area (Å²) >= 11 is 0. The number of nitrogens with two attached hydrogens (primary N) is 1. The van der Waals surface area contributed by atoms with Gasteiger partial charge in [-0.3, -0.25) is 13.9 Å². The van der Waals surface area contributed by atoms with E-state index >= 15 is 0 Å². The molecule has 0 radical (unpaired) electrons. The Morgan fingerprint density at radius 2 is 2.12 bits per heavy atom. The average Bonchev–Trinajstić information content (AvgIpc) is 3.37. The molecule has 3 aromatic rings. The first-order chi connectivity index (χ1) is 15.8. The fraction of sp³-hybridized carbons (Fsp3) is 0.391. The first-order valence-corrected chi connectivity index (χ1v) is 10.8. The summed E-state index contributed by atoms with van der Waals surface area (Å²) in [4.78, 5) is 38.5. The lowest BCUT2D eigenvalue weighted by Gasteiger charge is -2.15. The van der Waals surface area contributed by atoms with Crippen LogP contribution in [-0.2, 0) is 4.79 Å². The molecule has 10 heteroatoms. The molecule has 2 N–H and O–H groups in total. The minimum atomic E-state index is -0.273. The number of rotatable bonds is 6. The normalized spacial score (nSPS) is 16.4. The van der Waals surface area contributed by atoms with Crippen molar-refractivity contribution in [3.05, 3.63) is 52.7 Å². The number of hydrogen-bond donors (Lipinski definition) is 1. The van der Waals surface area contributed by atoms with Gasteiger partial charge in [-0.05, 0) is 39.1 Å². The molecule has 4 rings (SSSR count). The second-order valence-electron chi connectivity index (χ2n) is 8.46. The van der Waals surface area contributed by atoms with Gasteiger partial charge in [0.2, 0.25) is 5.91 Å². The number of carbonyl (C=O) groups is 1. The molecule has 33 heavy (non-hydrogen) atoms. The van der Waals surface area contributed by atoms with E-state index in [1.165, 1.54) is 10.9 Å². The first kappa shape index (κ1) is 22.5. The Labute approximate surface area is 191 Å². The Balaban J connectivity index is 1.74. The Bertz CT molecular complexity index is 1280. The van der Waals surface area contributed by atoms with Crippen LogP contribution in [0, 0.1) is 6.92 Å². The Morgan fingerprint density at radius 1 is 1.33 bits per heavy atom. The maximum atomic E-state index is 13.7.